The highest BCUT2D eigenvalue weighted by Crippen LogP contribution is 2.41. The highest BCUT2D eigenvalue weighted by atomic mass is 16.5. The molecule has 0 saturated heterocycles. The molecule has 0 aliphatic heterocycles. The number of carbonyl (C=O) groups excluding carboxylic acids is 1. The van der Waals surface area contributed by atoms with Gasteiger partial charge in [0, 0.05) is 45.1 Å². The third-order valence-corrected chi connectivity index (χ3v) is 3.79. The number of aromatic nitrogens is 2. The van der Waals surface area contributed by atoms with Gasteiger partial charge in [0.05, 0.1) is 12.3 Å². The fraction of sp³-hybridized carbons (Fsp3) is 0.625. The molecule has 1 aliphatic rings. The molecule has 5 nitrogen and oxygen atoms in total. The minimum absolute atomic E-state index is 0.0794. The van der Waals surface area contributed by atoms with Crippen LogP contribution < -0.4 is 0 Å². The Bertz CT molecular complexity index is 583. The average molecular weight is 291 g/mol. The third-order valence-electron chi connectivity index (χ3n) is 3.79. The van der Waals surface area contributed by atoms with Gasteiger partial charge in [0.1, 0.15) is 5.69 Å². The number of aryl methyl sites for hydroxylation is 1. The summed E-state index contributed by atoms with van der Waals surface area (Å²) in [5.74, 6) is 0.0794. The molecule has 1 aromatic rings. The van der Waals surface area contributed by atoms with Crippen LogP contribution in [-0.2, 0) is 23.8 Å². The summed E-state index contributed by atoms with van der Waals surface area (Å²) in [5.41, 5.74) is 3.35. The van der Waals surface area contributed by atoms with E-state index >= 15 is 0 Å². The smallest absolute Gasteiger partial charge is 0.208 e. The molecule has 0 unspecified atom stereocenters. The van der Waals surface area contributed by atoms with Crippen molar-refractivity contribution in [2.24, 2.45) is 7.05 Å². The highest BCUT2D eigenvalue weighted by Gasteiger charge is 2.40. The summed E-state index contributed by atoms with van der Waals surface area (Å²) in [6.45, 7) is 7.40. The zero-order valence-electron chi connectivity index (χ0n) is 13.9. The third kappa shape index (κ3) is 2.88. The maximum absolute atomic E-state index is 12.8. The monoisotopic (exact) mass is 291 g/mol. The van der Waals surface area contributed by atoms with Gasteiger partial charge in [-0.25, -0.2) is 0 Å². The zero-order valence-corrected chi connectivity index (χ0v) is 13.9. The number of ketones is 1. The number of allylic oxidation sites excluding steroid dienone is 1. The molecule has 0 aromatic carbocycles. The van der Waals surface area contributed by atoms with Gasteiger partial charge >= 0.3 is 0 Å². The summed E-state index contributed by atoms with van der Waals surface area (Å²) in [4.78, 5) is 14.7. The quantitative estimate of drug-likeness (QED) is 0.798. The molecule has 0 radical (unpaired) electrons. The van der Waals surface area contributed by atoms with Crippen LogP contribution in [-0.4, -0.2) is 41.2 Å². The van der Waals surface area contributed by atoms with Crippen molar-refractivity contribution in [3.63, 3.8) is 0 Å². The second-order valence-corrected chi connectivity index (χ2v) is 6.44. The molecule has 116 valence electrons. The zero-order chi connectivity index (χ0) is 15.8. The Hall–Kier alpha value is -1.62. The van der Waals surface area contributed by atoms with Crippen LogP contribution in [0.4, 0.5) is 0 Å². The molecule has 1 heterocycles. The standard InChI is InChI=1S/C16H25N3O2/c1-7-21-10-12-13-14(19(6)17-12)15(20)11(9-18(4)5)8-16(13,2)3/h9H,7-8,10H2,1-6H3/b11-9-. The number of hydrogen-bond donors (Lipinski definition) is 0. The van der Waals surface area contributed by atoms with Crippen molar-refractivity contribution in [3.05, 3.63) is 28.7 Å². The predicted octanol–water partition coefficient (Wildman–Crippen LogP) is 2.27. The van der Waals surface area contributed by atoms with Crippen LogP contribution in [0, 0.1) is 0 Å². The van der Waals surface area contributed by atoms with E-state index in [0.29, 0.717) is 18.9 Å². The van der Waals surface area contributed by atoms with Gasteiger partial charge in [-0.1, -0.05) is 13.8 Å². The van der Waals surface area contributed by atoms with Crippen LogP contribution >= 0.6 is 0 Å². The van der Waals surface area contributed by atoms with Crippen molar-refractivity contribution in [2.45, 2.75) is 39.2 Å². The maximum atomic E-state index is 12.8. The predicted molar refractivity (Wildman–Crippen MR) is 82.3 cm³/mol. The van der Waals surface area contributed by atoms with E-state index in [1.165, 1.54) is 0 Å². The van der Waals surface area contributed by atoms with Gasteiger partial charge < -0.3 is 9.64 Å². The fourth-order valence-corrected chi connectivity index (χ4v) is 3.06. The van der Waals surface area contributed by atoms with Gasteiger partial charge in [0.15, 0.2) is 0 Å². The fourth-order valence-electron chi connectivity index (χ4n) is 3.06. The Labute approximate surface area is 126 Å². The number of hydrogen-bond acceptors (Lipinski definition) is 4. The van der Waals surface area contributed by atoms with Crippen molar-refractivity contribution < 1.29 is 9.53 Å². The van der Waals surface area contributed by atoms with Crippen LogP contribution in [0.3, 0.4) is 0 Å². The number of nitrogens with zero attached hydrogens (tertiary/aromatic N) is 3. The van der Waals surface area contributed by atoms with E-state index in [1.54, 1.807) is 4.68 Å². The molecule has 0 spiro atoms. The number of fused-ring (bicyclic) bond motifs is 1. The van der Waals surface area contributed by atoms with E-state index in [1.807, 2.05) is 39.2 Å². The van der Waals surface area contributed by atoms with Crippen molar-refractivity contribution >= 4 is 5.78 Å². The molecule has 2 rings (SSSR count). The Morgan fingerprint density at radius 2 is 2.10 bits per heavy atom. The van der Waals surface area contributed by atoms with Crippen molar-refractivity contribution in [1.82, 2.24) is 14.7 Å². The summed E-state index contributed by atoms with van der Waals surface area (Å²) in [5, 5.41) is 4.52. The summed E-state index contributed by atoms with van der Waals surface area (Å²) in [7, 11) is 5.71. The average Bonchev–Trinajstić information content (AvgIpc) is 2.70. The van der Waals surface area contributed by atoms with Gasteiger partial charge in [-0.2, -0.15) is 5.10 Å². The topological polar surface area (TPSA) is 47.4 Å². The molecule has 0 fully saturated rings. The van der Waals surface area contributed by atoms with Crippen LogP contribution in [0.25, 0.3) is 0 Å². The highest BCUT2D eigenvalue weighted by molar-refractivity contribution is 6.10. The molecule has 0 amide bonds. The molecule has 0 saturated carbocycles. The van der Waals surface area contributed by atoms with E-state index in [-0.39, 0.29) is 11.2 Å². The Kier molecular flexibility index (Phi) is 4.23. The Morgan fingerprint density at radius 3 is 2.67 bits per heavy atom. The summed E-state index contributed by atoms with van der Waals surface area (Å²) in [6.07, 6.45) is 2.64. The molecule has 5 heteroatoms. The van der Waals surface area contributed by atoms with E-state index in [0.717, 1.165) is 23.3 Å². The first-order valence-electron chi connectivity index (χ1n) is 7.33. The molecule has 0 atom stereocenters. The van der Waals surface area contributed by atoms with Crippen molar-refractivity contribution in [3.8, 4) is 0 Å². The second kappa shape index (κ2) is 5.64. The number of Topliss-reactive ketones (excluding diaryl/α,β-unsaturated/α-hetero) is 1. The lowest BCUT2D eigenvalue weighted by molar-refractivity contribution is 0.1000. The Balaban J connectivity index is 2.54. The molecular weight excluding hydrogens is 266 g/mol. The molecular formula is C16H25N3O2. The van der Waals surface area contributed by atoms with E-state index in [4.69, 9.17) is 4.74 Å². The summed E-state index contributed by atoms with van der Waals surface area (Å²) < 4.78 is 7.21. The molecule has 1 aromatic heterocycles. The van der Waals surface area contributed by atoms with Gasteiger partial charge in [0.25, 0.3) is 0 Å². The SMILES string of the molecule is CCOCc1nn(C)c2c1C(C)(C)C/C(=C/N(C)C)C2=O. The summed E-state index contributed by atoms with van der Waals surface area (Å²) >= 11 is 0. The first kappa shape index (κ1) is 15.8. The van der Waals surface area contributed by atoms with Crippen LogP contribution in [0.15, 0.2) is 11.8 Å². The van der Waals surface area contributed by atoms with Gasteiger partial charge in [-0.3, -0.25) is 9.48 Å². The Morgan fingerprint density at radius 1 is 1.43 bits per heavy atom. The molecule has 0 bridgehead atoms. The van der Waals surface area contributed by atoms with Gasteiger partial charge in [-0.15, -0.1) is 0 Å². The minimum Gasteiger partial charge on any atom is -0.383 e. The lowest BCUT2D eigenvalue weighted by atomic mass is 9.71. The molecule has 0 N–H and O–H groups in total. The van der Waals surface area contributed by atoms with E-state index < -0.39 is 0 Å². The molecule has 21 heavy (non-hydrogen) atoms. The lowest BCUT2D eigenvalue weighted by Crippen LogP contribution is -2.31. The first-order chi connectivity index (χ1) is 9.77. The van der Waals surface area contributed by atoms with Crippen molar-refractivity contribution in [1.29, 1.82) is 0 Å². The number of ether oxygens (including phenoxy) is 1. The van der Waals surface area contributed by atoms with Gasteiger partial charge in [0.2, 0.25) is 5.78 Å². The maximum Gasteiger partial charge on any atom is 0.208 e. The van der Waals surface area contributed by atoms with E-state index in [9.17, 15) is 4.79 Å². The lowest BCUT2D eigenvalue weighted by Gasteiger charge is -2.32. The van der Waals surface area contributed by atoms with Crippen LogP contribution in [0.5, 0.6) is 0 Å². The number of rotatable bonds is 4. The van der Waals surface area contributed by atoms with Crippen molar-refractivity contribution in [2.75, 3.05) is 20.7 Å². The normalized spacial score (nSPS) is 19.0. The van der Waals surface area contributed by atoms with Crippen LogP contribution in [0.2, 0.25) is 0 Å². The molecule has 1 aliphatic carbocycles. The largest absolute Gasteiger partial charge is 0.383 e. The second-order valence-electron chi connectivity index (χ2n) is 6.44. The van der Waals surface area contributed by atoms with Gasteiger partial charge in [-0.05, 0) is 18.8 Å². The number of carbonyl (C=O) groups is 1. The van der Waals surface area contributed by atoms with Crippen LogP contribution in [0.1, 0.15) is 48.9 Å². The minimum atomic E-state index is -0.119. The van der Waals surface area contributed by atoms with E-state index in [2.05, 4.69) is 18.9 Å². The first-order valence-corrected chi connectivity index (χ1v) is 7.33. The summed E-state index contributed by atoms with van der Waals surface area (Å²) in [6, 6.07) is 0.